The van der Waals surface area contributed by atoms with Crippen molar-refractivity contribution in [3.05, 3.63) is 102 Å². The quantitative estimate of drug-likeness (QED) is 0.239. The number of hydrogen-bond donors (Lipinski definition) is 2. The van der Waals surface area contributed by atoms with E-state index in [0.29, 0.717) is 33.8 Å². The van der Waals surface area contributed by atoms with Gasteiger partial charge in [-0.05, 0) is 48.4 Å². The number of carbonyl (C=O) groups excluding carboxylic acids is 1. The minimum Gasteiger partial charge on any atom is -0.497 e. The van der Waals surface area contributed by atoms with Crippen molar-refractivity contribution in [2.45, 2.75) is 18.4 Å². The molecule has 0 aliphatic rings. The molecule has 9 nitrogen and oxygen atoms in total. The Hall–Kier alpha value is -4.41. The summed E-state index contributed by atoms with van der Waals surface area (Å²) in [6.07, 6.45) is 3.15. The second-order valence-electron chi connectivity index (χ2n) is 8.35. The molecule has 10 heteroatoms. The number of pyridine rings is 1. The first-order valence-corrected chi connectivity index (χ1v) is 13.0. The zero-order valence-electron chi connectivity index (χ0n) is 21.1. The number of benzene rings is 3. The highest BCUT2D eigenvalue weighted by atomic mass is 32.2. The molecule has 0 fully saturated rings. The van der Waals surface area contributed by atoms with Gasteiger partial charge in [0.15, 0.2) is 0 Å². The van der Waals surface area contributed by atoms with Crippen molar-refractivity contribution in [1.82, 2.24) is 10.5 Å². The average Bonchev–Trinajstić information content (AvgIpc) is 2.95. The lowest BCUT2D eigenvalue weighted by Crippen LogP contribution is -2.34. The summed E-state index contributed by atoms with van der Waals surface area (Å²) in [5.41, 5.74) is 3.85. The number of methoxy groups -OCH3 is 2. The van der Waals surface area contributed by atoms with Crippen molar-refractivity contribution in [3.8, 4) is 22.6 Å². The SMILES string of the molecule is COc1ccc(-c2ccccc2S(=O)(=O)N(Cc2cccnc2)c2c(C)cccc2C(=O)NO)c(OC)c1. The molecule has 0 unspecified atom stereocenters. The molecule has 196 valence electrons. The first kappa shape index (κ1) is 26.6. The van der Waals surface area contributed by atoms with Crippen molar-refractivity contribution < 1.29 is 27.9 Å². The van der Waals surface area contributed by atoms with E-state index < -0.39 is 15.9 Å². The second kappa shape index (κ2) is 11.3. The topological polar surface area (TPSA) is 118 Å². The number of anilines is 1. The Kier molecular flexibility index (Phi) is 7.94. The van der Waals surface area contributed by atoms with Gasteiger partial charge in [0.1, 0.15) is 11.5 Å². The maximum Gasteiger partial charge on any atom is 0.276 e. The van der Waals surface area contributed by atoms with Gasteiger partial charge >= 0.3 is 0 Å². The summed E-state index contributed by atoms with van der Waals surface area (Å²) in [6.45, 7) is 1.59. The molecule has 0 aliphatic heterocycles. The molecule has 4 aromatic rings. The Morgan fingerprint density at radius 3 is 2.45 bits per heavy atom. The van der Waals surface area contributed by atoms with Gasteiger partial charge in [-0.15, -0.1) is 0 Å². The third kappa shape index (κ3) is 5.17. The van der Waals surface area contributed by atoms with Gasteiger partial charge in [0.25, 0.3) is 15.9 Å². The van der Waals surface area contributed by atoms with Crippen LogP contribution in [0.25, 0.3) is 11.1 Å². The Balaban J connectivity index is 1.97. The standard InChI is InChI=1S/C28H27N3O6S/c1-19-8-6-11-24(28(32)30-33)27(19)31(18-20-9-7-15-29-17-20)38(34,35)26-12-5-4-10-23(26)22-14-13-21(36-2)16-25(22)37-3/h4-17,33H,18H2,1-3H3,(H,30,32). The van der Waals surface area contributed by atoms with E-state index in [1.165, 1.54) is 30.7 Å². The average molecular weight is 534 g/mol. The van der Waals surface area contributed by atoms with Gasteiger partial charge in [-0.1, -0.05) is 36.4 Å². The van der Waals surface area contributed by atoms with Crippen molar-refractivity contribution in [3.63, 3.8) is 0 Å². The van der Waals surface area contributed by atoms with Gasteiger partial charge < -0.3 is 9.47 Å². The number of amides is 1. The van der Waals surface area contributed by atoms with E-state index in [9.17, 15) is 18.4 Å². The van der Waals surface area contributed by atoms with Crippen LogP contribution in [-0.2, 0) is 16.6 Å². The fraction of sp³-hybridized carbons (Fsp3) is 0.143. The van der Waals surface area contributed by atoms with Crippen LogP contribution in [0.3, 0.4) is 0 Å². The zero-order chi connectivity index (χ0) is 27.3. The van der Waals surface area contributed by atoms with Gasteiger partial charge in [0.05, 0.1) is 36.9 Å². The van der Waals surface area contributed by atoms with Crippen LogP contribution < -0.4 is 19.3 Å². The number of ether oxygens (including phenoxy) is 2. The normalized spacial score (nSPS) is 11.1. The highest BCUT2D eigenvalue weighted by Crippen LogP contribution is 2.40. The molecule has 2 N–H and O–H groups in total. The van der Waals surface area contributed by atoms with Gasteiger partial charge in [-0.2, -0.15) is 0 Å². The highest BCUT2D eigenvalue weighted by Gasteiger charge is 2.32. The highest BCUT2D eigenvalue weighted by molar-refractivity contribution is 7.93. The summed E-state index contributed by atoms with van der Waals surface area (Å²) in [7, 11) is -1.27. The monoisotopic (exact) mass is 533 g/mol. The smallest absolute Gasteiger partial charge is 0.276 e. The number of nitrogens with zero attached hydrogens (tertiary/aromatic N) is 2. The van der Waals surface area contributed by atoms with Crippen LogP contribution in [0.15, 0.2) is 90.1 Å². The fourth-order valence-corrected chi connectivity index (χ4v) is 5.97. The Morgan fingerprint density at radius 2 is 1.76 bits per heavy atom. The third-order valence-electron chi connectivity index (χ3n) is 6.04. The third-order valence-corrected chi connectivity index (χ3v) is 7.84. The van der Waals surface area contributed by atoms with E-state index in [1.54, 1.807) is 85.5 Å². The minimum absolute atomic E-state index is 0.000487. The van der Waals surface area contributed by atoms with E-state index in [2.05, 4.69) is 4.98 Å². The van der Waals surface area contributed by atoms with Crippen molar-refractivity contribution >= 4 is 21.6 Å². The van der Waals surface area contributed by atoms with Gasteiger partial charge in [0, 0.05) is 29.6 Å². The van der Waals surface area contributed by atoms with Crippen LogP contribution in [0, 0.1) is 6.92 Å². The number of aryl methyl sites for hydroxylation is 1. The largest absolute Gasteiger partial charge is 0.497 e. The summed E-state index contributed by atoms with van der Waals surface area (Å²) in [5.74, 6) is 0.158. The lowest BCUT2D eigenvalue weighted by atomic mass is 10.0. The maximum absolute atomic E-state index is 14.5. The summed E-state index contributed by atoms with van der Waals surface area (Å²) >= 11 is 0. The number of nitrogens with one attached hydrogen (secondary N) is 1. The number of sulfonamides is 1. The molecule has 0 saturated heterocycles. The summed E-state index contributed by atoms with van der Waals surface area (Å²) in [5, 5.41) is 9.39. The Labute approximate surface area is 221 Å². The van der Waals surface area contributed by atoms with E-state index in [0.717, 1.165) is 0 Å². The predicted molar refractivity (Wildman–Crippen MR) is 143 cm³/mol. The molecule has 0 bridgehead atoms. The van der Waals surface area contributed by atoms with E-state index in [1.807, 2.05) is 0 Å². The number of carbonyl (C=O) groups is 1. The predicted octanol–water partition coefficient (Wildman–Crippen LogP) is 4.59. The molecule has 38 heavy (non-hydrogen) atoms. The molecule has 1 aromatic heterocycles. The number of rotatable bonds is 9. The fourth-order valence-electron chi connectivity index (χ4n) is 4.23. The van der Waals surface area contributed by atoms with Gasteiger partial charge in [-0.3, -0.25) is 19.3 Å². The molecule has 4 rings (SSSR count). The van der Waals surface area contributed by atoms with Crippen LogP contribution in [-0.4, -0.2) is 38.7 Å². The number of aromatic nitrogens is 1. The van der Waals surface area contributed by atoms with Crippen LogP contribution >= 0.6 is 0 Å². The maximum atomic E-state index is 14.5. The molecular formula is C28H27N3O6S. The van der Waals surface area contributed by atoms with Crippen molar-refractivity contribution in [2.24, 2.45) is 0 Å². The first-order chi connectivity index (χ1) is 18.3. The molecule has 0 aliphatic carbocycles. The molecule has 0 radical (unpaired) electrons. The summed E-state index contributed by atoms with van der Waals surface area (Å²) in [6, 6.07) is 19.9. The Morgan fingerprint density at radius 1 is 0.974 bits per heavy atom. The van der Waals surface area contributed by atoms with Crippen molar-refractivity contribution in [2.75, 3.05) is 18.5 Å². The van der Waals surface area contributed by atoms with Gasteiger partial charge in [0.2, 0.25) is 0 Å². The molecule has 0 saturated carbocycles. The lowest BCUT2D eigenvalue weighted by Gasteiger charge is -2.29. The minimum atomic E-state index is -4.30. The second-order valence-corrected chi connectivity index (χ2v) is 10.2. The lowest BCUT2D eigenvalue weighted by molar-refractivity contribution is 0.0707. The molecular weight excluding hydrogens is 506 g/mol. The molecule has 0 spiro atoms. The van der Waals surface area contributed by atoms with Crippen LogP contribution in [0.1, 0.15) is 21.5 Å². The van der Waals surface area contributed by atoms with E-state index in [-0.39, 0.29) is 22.7 Å². The molecule has 1 heterocycles. The van der Waals surface area contributed by atoms with E-state index >= 15 is 0 Å². The van der Waals surface area contributed by atoms with Crippen LogP contribution in [0.2, 0.25) is 0 Å². The van der Waals surface area contributed by atoms with Crippen LogP contribution in [0.5, 0.6) is 11.5 Å². The Bertz CT molecular complexity index is 1560. The van der Waals surface area contributed by atoms with Crippen molar-refractivity contribution in [1.29, 1.82) is 0 Å². The summed E-state index contributed by atoms with van der Waals surface area (Å²) in [4.78, 5) is 16.7. The zero-order valence-corrected chi connectivity index (χ0v) is 21.9. The molecule has 3 aromatic carbocycles. The first-order valence-electron chi connectivity index (χ1n) is 11.6. The molecule has 1 amide bonds. The van der Waals surface area contributed by atoms with E-state index in [4.69, 9.17) is 9.47 Å². The van der Waals surface area contributed by atoms with Crippen LogP contribution in [0.4, 0.5) is 5.69 Å². The number of hydrogen-bond acceptors (Lipinski definition) is 7. The molecule has 0 atom stereocenters. The number of hydroxylamine groups is 1. The number of para-hydroxylation sites is 1. The van der Waals surface area contributed by atoms with Gasteiger partial charge in [-0.25, -0.2) is 13.9 Å². The summed E-state index contributed by atoms with van der Waals surface area (Å²) < 4.78 is 41.0.